The first-order chi connectivity index (χ1) is 11.9. The Morgan fingerprint density at radius 1 is 1.46 bits per heavy atom. The van der Waals surface area contributed by atoms with Gasteiger partial charge in [-0.05, 0) is 11.6 Å². The van der Waals surface area contributed by atoms with Crippen LogP contribution in [0.25, 0.3) is 0 Å². The average molecular weight is 488 g/mol. The van der Waals surface area contributed by atoms with Gasteiger partial charge in [-0.15, -0.1) is 35.7 Å². The molecular formula is C17H21IN4O3S. The van der Waals surface area contributed by atoms with Crippen molar-refractivity contribution < 1.29 is 19.3 Å². The van der Waals surface area contributed by atoms with Crippen molar-refractivity contribution in [3.8, 4) is 0 Å². The largest absolute Gasteiger partial charge is 0.543 e. The molecule has 0 radical (unpaired) electrons. The summed E-state index contributed by atoms with van der Waals surface area (Å²) in [7, 11) is 3.95. The highest BCUT2D eigenvalue weighted by molar-refractivity contribution is 14.0. The number of aliphatic carboxylic acids is 1. The molecule has 0 saturated carbocycles. The van der Waals surface area contributed by atoms with E-state index < -0.39 is 12.0 Å². The highest BCUT2D eigenvalue weighted by Crippen LogP contribution is 2.39. The molecule has 0 bridgehead atoms. The molecule has 1 saturated heterocycles. The van der Waals surface area contributed by atoms with Crippen LogP contribution in [0.4, 0.5) is 5.69 Å². The number of nitrogens with two attached hydrogens (primary N) is 1. The monoisotopic (exact) mass is 488 g/mol. The zero-order chi connectivity index (χ0) is 18.1. The minimum atomic E-state index is -1.34. The Labute approximate surface area is 173 Å². The second-order valence-corrected chi connectivity index (χ2v) is 7.25. The number of carboxylic acids is 1. The Morgan fingerprint density at radius 2 is 2.12 bits per heavy atom. The van der Waals surface area contributed by atoms with E-state index in [2.05, 4.69) is 0 Å². The van der Waals surface area contributed by atoms with Crippen LogP contribution < -0.4 is 20.3 Å². The van der Waals surface area contributed by atoms with E-state index in [1.807, 2.05) is 54.2 Å². The van der Waals surface area contributed by atoms with E-state index in [-0.39, 0.29) is 41.0 Å². The number of hydrogen-bond acceptors (Lipinski definition) is 6. The number of thioether (sulfide) groups is 1. The minimum Gasteiger partial charge on any atom is -0.543 e. The lowest BCUT2D eigenvalue weighted by atomic mass is 10.0. The van der Waals surface area contributed by atoms with Gasteiger partial charge in [0.05, 0.1) is 11.7 Å². The van der Waals surface area contributed by atoms with Gasteiger partial charge in [0.15, 0.2) is 18.9 Å². The van der Waals surface area contributed by atoms with Gasteiger partial charge in [-0.2, -0.15) is 0 Å². The quantitative estimate of drug-likeness (QED) is 0.340. The molecule has 26 heavy (non-hydrogen) atoms. The molecule has 2 N–H and O–H groups in total. The summed E-state index contributed by atoms with van der Waals surface area (Å²) < 4.78 is 1.98. The maximum Gasteiger partial charge on any atom is 0.248 e. The molecule has 0 aromatic carbocycles. The van der Waals surface area contributed by atoms with Crippen LogP contribution in [-0.2, 0) is 16.1 Å². The molecule has 3 rings (SSSR count). The van der Waals surface area contributed by atoms with Crippen molar-refractivity contribution >= 4 is 53.3 Å². The second-order valence-electron chi connectivity index (χ2n) is 6.15. The molecule has 7 nitrogen and oxygen atoms in total. The van der Waals surface area contributed by atoms with E-state index in [1.54, 1.807) is 6.08 Å². The van der Waals surface area contributed by atoms with Crippen LogP contribution in [0.5, 0.6) is 0 Å². The van der Waals surface area contributed by atoms with Crippen LogP contribution in [0.15, 0.2) is 47.9 Å². The topological polar surface area (TPSA) is 93.6 Å². The number of hydrogen-bond donors (Lipinski definition) is 1. The third kappa shape index (κ3) is 3.89. The summed E-state index contributed by atoms with van der Waals surface area (Å²) in [5, 5.41) is 11.2. The summed E-state index contributed by atoms with van der Waals surface area (Å²) in [4.78, 5) is 26.6. The SMILES string of the molecule is CN(C)c1cc[n+](C/C=C/C2=C(C(=O)[O-])N3C(=O)[C@@H](N)[C@H]3SC2)cc1.I. The average Bonchev–Trinajstić information content (AvgIpc) is 2.60. The minimum absolute atomic E-state index is 0. The first-order valence-corrected chi connectivity index (χ1v) is 8.92. The summed E-state index contributed by atoms with van der Waals surface area (Å²) in [6.45, 7) is 0.596. The molecule has 1 fully saturated rings. The van der Waals surface area contributed by atoms with Crippen LogP contribution >= 0.6 is 35.7 Å². The van der Waals surface area contributed by atoms with Crippen molar-refractivity contribution in [1.29, 1.82) is 0 Å². The molecule has 2 atom stereocenters. The molecule has 3 heterocycles. The zero-order valence-corrected chi connectivity index (χ0v) is 17.6. The van der Waals surface area contributed by atoms with Gasteiger partial charge in [-0.1, -0.05) is 6.08 Å². The van der Waals surface area contributed by atoms with Crippen LogP contribution in [0.1, 0.15) is 0 Å². The van der Waals surface area contributed by atoms with Crippen LogP contribution in [0, 0.1) is 0 Å². The number of fused-ring (bicyclic) bond motifs is 1. The fourth-order valence-corrected chi connectivity index (χ4v) is 4.11. The molecule has 1 aromatic heterocycles. The zero-order valence-electron chi connectivity index (χ0n) is 14.5. The molecule has 2 aliphatic heterocycles. The van der Waals surface area contributed by atoms with Crippen molar-refractivity contribution in [2.75, 3.05) is 24.7 Å². The number of aromatic nitrogens is 1. The van der Waals surface area contributed by atoms with Gasteiger partial charge >= 0.3 is 0 Å². The number of nitrogens with zero attached hydrogens (tertiary/aromatic N) is 3. The van der Waals surface area contributed by atoms with Gasteiger partial charge in [0.1, 0.15) is 11.4 Å². The summed E-state index contributed by atoms with van der Waals surface area (Å²) in [6.07, 6.45) is 7.53. The second kappa shape index (κ2) is 8.40. The van der Waals surface area contributed by atoms with E-state index in [0.29, 0.717) is 17.9 Å². The highest BCUT2D eigenvalue weighted by atomic mass is 127. The van der Waals surface area contributed by atoms with E-state index in [9.17, 15) is 14.7 Å². The first-order valence-electron chi connectivity index (χ1n) is 7.88. The number of rotatable bonds is 5. The summed E-state index contributed by atoms with van der Waals surface area (Å²) in [6, 6.07) is 3.37. The smallest absolute Gasteiger partial charge is 0.248 e. The Bertz CT molecular complexity index is 764. The fourth-order valence-electron chi connectivity index (χ4n) is 2.84. The lowest BCUT2D eigenvalue weighted by Crippen LogP contribution is -2.69. The number of carbonyl (C=O) groups is 2. The van der Waals surface area contributed by atoms with Gasteiger partial charge in [0.25, 0.3) is 0 Å². The van der Waals surface area contributed by atoms with Gasteiger partial charge < -0.3 is 20.5 Å². The number of anilines is 1. The van der Waals surface area contributed by atoms with Gasteiger partial charge in [0.2, 0.25) is 5.91 Å². The Morgan fingerprint density at radius 3 is 2.69 bits per heavy atom. The van der Waals surface area contributed by atoms with E-state index in [0.717, 1.165) is 5.69 Å². The molecular weight excluding hydrogens is 467 g/mol. The van der Waals surface area contributed by atoms with Gasteiger partial charge in [-0.3, -0.25) is 9.69 Å². The van der Waals surface area contributed by atoms with Crippen molar-refractivity contribution in [1.82, 2.24) is 4.90 Å². The Balaban J connectivity index is 0.00000243. The Hall–Kier alpha value is -1.59. The van der Waals surface area contributed by atoms with E-state index in [1.165, 1.54) is 16.7 Å². The number of pyridine rings is 1. The summed E-state index contributed by atoms with van der Waals surface area (Å²) in [5.74, 6) is -1.21. The van der Waals surface area contributed by atoms with E-state index >= 15 is 0 Å². The summed E-state index contributed by atoms with van der Waals surface area (Å²) in [5.41, 5.74) is 7.34. The number of allylic oxidation sites excluding steroid dienone is 2. The highest BCUT2D eigenvalue weighted by Gasteiger charge is 2.49. The third-order valence-electron chi connectivity index (χ3n) is 4.26. The van der Waals surface area contributed by atoms with Gasteiger partial charge in [-0.25, -0.2) is 4.57 Å². The molecule has 2 aliphatic rings. The normalized spacial score (nSPS) is 22.0. The number of amides is 1. The number of halogens is 1. The predicted molar refractivity (Wildman–Crippen MR) is 109 cm³/mol. The number of β-lactam (4-membered cyclic amide) rings is 1. The fraction of sp³-hybridized carbons (Fsp3) is 0.353. The standard InChI is InChI=1S/C17H20N4O3S.HI/c1-19(2)12-5-8-20(9-6-12)7-3-4-11-10-25-16-13(18)15(22)21(16)14(11)17(23)24;/h3-6,8-9,13,16H,7,10,18H2,1-2H3;1H/b4-3+;/t13-,16-;/m1./s1. The van der Waals surface area contributed by atoms with Crippen LogP contribution in [-0.4, -0.2) is 48.0 Å². The van der Waals surface area contributed by atoms with Crippen molar-refractivity contribution in [3.63, 3.8) is 0 Å². The Kier molecular flexibility index (Phi) is 6.69. The molecule has 0 unspecified atom stereocenters. The van der Waals surface area contributed by atoms with Crippen LogP contribution in [0.2, 0.25) is 0 Å². The maximum absolute atomic E-state index is 11.9. The number of carboxylic acid groups (broad SMARTS) is 1. The van der Waals surface area contributed by atoms with Crippen molar-refractivity contribution in [2.24, 2.45) is 5.73 Å². The lowest BCUT2D eigenvalue weighted by Gasteiger charge is -2.49. The molecule has 0 spiro atoms. The first kappa shape index (κ1) is 20.7. The third-order valence-corrected chi connectivity index (χ3v) is 5.58. The molecule has 1 aromatic rings. The molecule has 0 aliphatic carbocycles. The lowest BCUT2D eigenvalue weighted by molar-refractivity contribution is -0.686. The van der Waals surface area contributed by atoms with E-state index in [4.69, 9.17) is 5.73 Å². The van der Waals surface area contributed by atoms with Crippen LogP contribution in [0.3, 0.4) is 0 Å². The number of carbonyl (C=O) groups excluding carboxylic acids is 2. The molecule has 1 amide bonds. The maximum atomic E-state index is 11.9. The van der Waals surface area contributed by atoms with Gasteiger partial charge in [0, 0.05) is 37.7 Å². The van der Waals surface area contributed by atoms with Crippen molar-refractivity contribution in [3.05, 3.63) is 47.9 Å². The summed E-state index contributed by atoms with van der Waals surface area (Å²) >= 11 is 1.47. The molecule has 9 heteroatoms. The predicted octanol–water partition coefficient (Wildman–Crippen LogP) is -0.539. The van der Waals surface area contributed by atoms with Crippen molar-refractivity contribution in [2.45, 2.75) is 18.0 Å². The molecule has 140 valence electrons.